The lowest BCUT2D eigenvalue weighted by Gasteiger charge is -1.99. The van der Waals surface area contributed by atoms with Crippen molar-refractivity contribution in [3.63, 3.8) is 0 Å². The molecule has 5 heteroatoms. The van der Waals surface area contributed by atoms with Crippen LogP contribution >= 0.6 is 22.7 Å². The van der Waals surface area contributed by atoms with Gasteiger partial charge in [0.05, 0.1) is 16.1 Å². The van der Waals surface area contributed by atoms with Gasteiger partial charge in [0.2, 0.25) is 0 Å². The van der Waals surface area contributed by atoms with Crippen LogP contribution in [0.2, 0.25) is 0 Å². The lowest BCUT2D eigenvalue weighted by Crippen LogP contribution is -2.01. The van der Waals surface area contributed by atoms with Crippen LogP contribution in [-0.2, 0) is 0 Å². The van der Waals surface area contributed by atoms with Crippen LogP contribution in [0.5, 0.6) is 0 Å². The first-order valence-electron chi connectivity index (χ1n) is 8.80. The Morgan fingerprint density at radius 3 is 2.68 bits per heavy atom. The highest BCUT2D eigenvalue weighted by Gasteiger charge is 2.12. The zero-order chi connectivity index (χ0) is 18.9. The quantitative estimate of drug-likeness (QED) is 0.339. The van der Waals surface area contributed by atoms with E-state index in [1.165, 1.54) is 4.88 Å². The molecule has 28 heavy (non-hydrogen) atoms. The molecule has 0 aliphatic rings. The molecule has 0 saturated heterocycles. The number of thiophene rings is 2. The monoisotopic (exact) mass is 401 g/mol. The van der Waals surface area contributed by atoms with Crippen LogP contribution < -0.4 is 5.63 Å². The van der Waals surface area contributed by atoms with Gasteiger partial charge in [-0.25, -0.2) is 4.79 Å². The van der Waals surface area contributed by atoms with E-state index in [0.29, 0.717) is 11.1 Å². The summed E-state index contributed by atoms with van der Waals surface area (Å²) < 4.78 is 5.47. The second kappa shape index (κ2) is 7.11. The fourth-order valence-electron chi connectivity index (χ4n) is 3.07. The molecule has 0 radical (unpaired) electrons. The highest BCUT2D eigenvalue weighted by Crippen LogP contribution is 2.34. The van der Waals surface area contributed by atoms with Crippen LogP contribution in [0.1, 0.15) is 10.6 Å². The maximum absolute atomic E-state index is 12.4. The maximum atomic E-state index is 12.4. The molecule has 0 unspecified atom stereocenters. The topological polar surface area (TPSA) is 46.0 Å². The fourth-order valence-corrected chi connectivity index (χ4v) is 4.68. The molecule has 1 aromatic carbocycles. The van der Waals surface area contributed by atoms with Gasteiger partial charge in [0, 0.05) is 20.8 Å². The van der Waals surface area contributed by atoms with Crippen LogP contribution in [0, 0.1) is 0 Å². The summed E-state index contributed by atoms with van der Waals surface area (Å²) in [6, 6.07) is 21.7. The van der Waals surface area contributed by atoms with E-state index in [2.05, 4.69) is 40.7 Å². The average molecular weight is 402 g/mol. The summed E-state index contributed by atoms with van der Waals surface area (Å²) in [5.74, 6) is 0. The average Bonchev–Trinajstić information content (AvgIpc) is 3.47. The summed E-state index contributed by atoms with van der Waals surface area (Å²) in [4.78, 5) is 19.0. The molecule has 5 rings (SSSR count). The standard InChI is InChI=1S/C23H15NO2S2/c25-23-18(14-15-4-1-2-6-20(15)26-23)21-11-12-22(28-21)19-10-8-16(24-19)7-9-17-5-3-13-27-17/h1-14,24H. The molecule has 4 aromatic heterocycles. The number of nitrogens with one attached hydrogen (secondary N) is 1. The van der Waals surface area contributed by atoms with Gasteiger partial charge in [-0.15, -0.1) is 22.7 Å². The van der Waals surface area contributed by atoms with Crippen molar-refractivity contribution in [3.8, 4) is 21.0 Å². The van der Waals surface area contributed by atoms with Gasteiger partial charge in [-0.1, -0.05) is 24.3 Å². The number of fused-ring (bicyclic) bond motifs is 1. The number of hydrogen-bond acceptors (Lipinski definition) is 4. The number of rotatable bonds is 4. The molecule has 1 N–H and O–H groups in total. The van der Waals surface area contributed by atoms with Gasteiger partial charge in [0.15, 0.2) is 0 Å². The molecule has 0 atom stereocenters. The minimum Gasteiger partial charge on any atom is -0.422 e. The summed E-state index contributed by atoms with van der Waals surface area (Å²) in [5, 5.41) is 2.99. The lowest BCUT2D eigenvalue weighted by atomic mass is 10.1. The van der Waals surface area contributed by atoms with Crippen molar-refractivity contribution >= 4 is 45.8 Å². The SMILES string of the molecule is O=c1oc2ccccc2cc1-c1ccc(-c2ccc(C=Cc3cccs3)[nH]2)s1. The maximum Gasteiger partial charge on any atom is 0.345 e. The van der Waals surface area contributed by atoms with Crippen LogP contribution in [0.25, 0.3) is 44.1 Å². The molecule has 136 valence electrons. The van der Waals surface area contributed by atoms with E-state index in [4.69, 9.17) is 4.42 Å². The van der Waals surface area contributed by atoms with E-state index in [1.54, 1.807) is 22.7 Å². The molecule has 0 saturated carbocycles. The second-order valence-corrected chi connectivity index (χ2v) is 8.39. The smallest absolute Gasteiger partial charge is 0.345 e. The van der Waals surface area contributed by atoms with Crippen LogP contribution in [0.15, 0.2) is 81.3 Å². The van der Waals surface area contributed by atoms with Crippen molar-refractivity contribution in [2.24, 2.45) is 0 Å². The van der Waals surface area contributed by atoms with E-state index < -0.39 is 0 Å². The predicted octanol–water partition coefficient (Wildman–Crippen LogP) is 6.75. The Hall–Kier alpha value is -3.15. The third-order valence-electron chi connectivity index (χ3n) is 4.46. The molecular weight excluding hydrogens is 386 g/mol. The van der Waals surface area contributed by atoms with E-state index in [-0.39, 0.29) is 5.63 Å². The Morgan fingerprint density at radius 1 is 0.893 bits per heavy atom. The van der Waals surface area contributed by atoms with Gasteiger partial charge in [-0.05, 0) is 60.0 Å². The van der Waals surface area contributed by atoms with Crippen molar-refractivity contribution in [3.05, 3.63) is 93.1 Å². The molecule has 0 spiro atoms. The zero-order valence-corrected chi connectivity index (χ0v) is 16.3. The summed E-state index contributed by atoms with van der Waals surface area (Å²) in [6.07, 6.45) is 4.17. The summed E-state index contributed by atoms with van der Waals surface area (Å²) in [7, 11) is 0. The Morgan fingerprint density at radius 2 is 1.79 bits per heavy atom. The van der Waals surface area contributed by atoms with E-state index in [0.717, 1.165) is 26.5 Å². The number of para-hydroxylation sites is 1. The molecule has 0 fully saturated rings. The third-order valence-corrected chi connectivity index (χ3v) is 6.45. The number of benzene rings is 1. The van der Waals surface area contributed by atoms with Gasteiger partial charge in [0.25, 0.3) is 0 Å². The fraction of sp³-hybridized carbons (Fsp3) is 0. The molecular formula is C23H15NO2S2. The van der Waals surface area contributed by atoms with Crippen molar-refractivity contribution < 1.29 is 4.42 Å². The Labute approximate surface area is 169 Å². The summed E-state index contributed by atoms with van der Waals surface area (Å²) >= 11 is 3.29. The minimum absolute atomic E-state index is 0.307. The second-order valence-electron chi connectivity index (χ2n) is 6.33. The zero-order valence-electron chi connectivity index (χ0n) is 14.7. The molecule has 0 bridgehead atoms. The van der Waals surface area contributed by atoms with Crippen LogP contribution in [0.3, 0.4) is 0 Å². The van der Waals surface area contributed by atoms with Crippen LogP contribution in [-0.4, -0.2) is 4.98 Å². The molecule has 3 nitrogen and oxygen atoms in total. The molecule has 0 aliphatic heterocycles. The third kappa shape index (κ3) is 3.26. The van der Waals surface area contributed by atoms with Crippen molar-refractivity contribution in [1.82, 2.24) is 4.98 Å². The van der Waals surface area contributed by atoms with Gasteiger partial charge in [0.1, 0.15) is 5.58 Å². The van der Waals surface area contributed by atoms with Crippen molar-refractivity contribution in [2.45, 2.75) is 0 Å². The molecule has 0 amide bonds. The first-order chi connectivity index (χ1) is 13.8. The summed E-state index contributed by atoms with van der Waals surface area (Å²) in [5.41, 5.74) is 2.98. The number of hydrogen-bond donors (Lipinski definition) is 1. The normalized spacial score (nSPS) is 11.6. The highest BCUT2D eigenvalue weighted by molar-refractivity contribution is 7.18. The Bertz CT molecular complexity index is 1340. The first-order valence-corrected chi connectivity index (χ1v) is 10.5. The van der Waals surface area contributed by atoms with Gasteiger partial charge in [-0.2, -0.15) is 0 Å². The predicted molar refractivity (Wildman–Crippen MR) is 119 cm³/mol. The van der Waals surface area contributed by atoms with Gasteiger partial charge in [-0.3, -0.25) is 0 Å². The number of aromatic amines is 1. The van der Waals surface area contributed by atoms with Gasteiger partial charge >= 0.3 is 5.63 Å². The largest absolute Gasteiger partial charge is 0.422 e. The lowest BCUT2D eigenvalue weighted by molar-refractivity contribution is 0.564. The van der Waals surface area contributed by atoms with E-state index in [9.17, 15) is 4.79 Å². The van der Waals surface area contributed by atoms with Crippen molar-refractivity contribution in [2.75, 3.05) is 0 Å². The number of H-pyrrole nitrogens is 1. The van der Waals surface area contributed by atoms with E-state index in [1.807, 2.05) is 48.5 Å². The van der Waals surface area contributed by atoms with Crippen molar-refractivity contribution in [1.29, 1.82) is 0 Å². The Kier molecular flexibility index (Phi) is 4.31. The molecule has 0 aliphatic carbocycles. The van der Waals surface area contributed by atoms with Gasteiger partial charge < -0.3 is 9.40 Å². The first kappa shape index (κ1) is 17.0. The molecule has 4 heterocycles. The molecule has 5 aromatic rings. The van der Waals surface area contributed by atoms with Crippen LogP contribution in [0.4, 0.5) is 0 Å². The Balaban J connectivity index is 1.45. The van der Waals surface area contributed by atoms with E-state index >= 15 is 0 Å². The summed E-state index contributed by atoms with van der Waals surface area (Å²) in [6.45, 7) is 0. The highest BCUT2D eigenvalue weighted by atomic mass is 32.1. The minimum atomic E-state index is -0.307. The number of aromatic nitrogens is 1.